The summed E-state index contributed by atoms with van der Waals surface area (Å²) in [5.74, 6) is 1.53. The molecule has 8 heteroatoms. The monoisotopic (exact) mass is 305 g/mol. The summed E-state index contributed by atoms with van der Waals surface area (Å²) in [5.41, 5.74) is 0.406. The summed E-state index contributed by atoms with van der Waals surface area (Å²) < 4.78 is 15.9. The summed E-state index contributed by atoms with van der Waals surface area (Å²) >= 11 is 0. The number of carbonyl (C=O) groups excluding carboxylic acids is 1. The van der Waals surface area contributed by atoms with Crippen molar-refractivity contribution >= 4 is 5.91 Å². The van der Waals surface area contributed by atoms with Crippen LogP contribution in [0.1, 0.15) is 10.4 Å². The number of aromatic amines is 1. The Morgan fingerprint density at radius 2 is 2.32 bits per heavy atom. The lowest BCUT2D eigenvalue weighted by Gasteiger charge is -2.13. The van der Waals surface area contributed by atoms with E-state index < -0.39 is 6.10 Å². The van der Waals surface area contributed by atoms with Crippen LogP contribution in [-0.2, 0) is 0 Å². The first kappa shape index (κ1) is 14.2. The quantitative estimate of drug-likeness (QED) is 0.709. The molecule has 0 saturated carbocycles. The fourth-order valence-corrected chi connectivity index (χ4v) is 1.91. The maximum atomic E-state index is 11.7. The van der Waals surface area contributed by atoms with Crippen LogP contribution >= 0.6 is 0 Å². The second-order valence-corrected chi connectivity index (χ2v) is 4.68. The van der Waals surface area contributed by atoms with Crippen molar-refractivity contribution in [2.45, 2.75) is 6.10 Å². The van der Waals surface area contributed by atoms with E-state index in [2.05, 4.69) is 15.5 Å². The Labute approximate surface area is 126 Å². The molecule has 22 heavy (non-hydrogen) atoms. The number of benzene rings is 1. The van der Waals surface area contributed by atoms with Gasteiger partial charge in [0.05, 0.1) is 11.8 Å². The van der Waals surface area contributed by atoms with E-state index in [4.69, 9.17) is 14.2 Å². The zero-order valence-electron chi connectivity index (χ0n) is 11.6. The number of hydrogen-bond donors (Lipinski definition) is 3. The third-order valence-electron chi connectivity index (χ3n) is 3.05. The Bertz CT molecular complexity index is 644. The fourth-order valence-electron chi connectivity index (χ4n) is 1.91. The molecule has 0 radical (unpaired) electrons. The van der Waals surface area contributed by atoms with Gasteiger partial charge < -0.3 is 24.6 Å². The van der Waals surface area contributed by atoms with E-state index in [1.54, 1.807) is 18.2 Å². The molecule has 0 saturated heterocycles. The smallest absolute Gasteiger partial charge is 0.254 e. The SMILES string of the molecule is O=C(NC[C@H](O)COc1ccc2c(c1)OCO2)c1cn[nH]c1. The molecule has 0 bridgehead atoms. The standard InChI is InChI=1S/C14H15N3O5/c18-10(6-15-14(19)9-4-16-17-5-9)7-20-11-1-2-12-13(3-11)22-8-21-12/h1-5,10,18H,6-8H2,(H,15,19)(H,16,17)/t10-/m0/s1. The number of aliphatic hydroxyl groups is 1. The van der Waals surface area contributed by atoms with Crippen LogP contribution in [0.4, 0.5) is 0 Å². The first-order valence-electron chi connectivity index (χ1n) is 6.70. The van der Waals surface area contributed by atoms with Crippen LogP contribution in [0.3, 0.4) is 0 Å². The van der Waals surface area contributed by atoms with E-state index in [9.17, 15) is 9.90 Å². The maximum absolute atomic E-state index is 11.7. The summed E-state index contributed by atoms with van der Waals surface area (Å²) in [5, 5.41) is 18.6. The van der Waals surface area contributed by atoms with Crippen molar-refractivity contribution in [3.63, 3.8) is 0 Å². The average Bonchev–Trinajstić information content (AvgIpc) is 3.20. The topological polar surface area (TPSA) is 106 Å². The molecule has 1 aliphatic heterocycles. The molecule has 1 amide bonds. The molecule has 0 fully saturated rings. The number of carbonyl (C=O) groups is 1. The van der Waals surface area contributed by atoms with Gasteiger partial charge in [0.1, 0.15) is 18.5 Å². The zero-order valence-corrected chi connectivity index (χ0v) is 11.6. The number of nitrogens with zero attached hydrogens (tertiary/aromatic N) is 1. The highest BCUT2D eigenvalue weighted by Gasteiger charge is 2.15. The Balaban J connectivity index is 1.44. The first-order valence-corrected chi connectivity index (χ1v) is 6.70. The molecule has 0 aliphatic carbocycles. The molecule has 1 aromatic carbocycles. The molecule has 1 atom stereocenters. The normalized spacial score (nSPS) is 13.7. The van der Waals surface area contributed by atoms with Gasteiger partial charge in [-0.05, 0) is 12.1 Å². The van der Waals surface area contributed by atoms with Crippen LogP contribution in [-0.4, -0.2) is 47.3 Å². The lowest BCUT2D eigenvalue weighted by molar-refractivity contribution is 0.0843. The van der Waals surface area contributed by atoms with E-state index >= 15 is 0 Å². The molecule has 1 aliphatic rings. The number of ether oxygens (including phenoxy) is 3. The molecule has 2 aromatic rings. The van der Waals surface area contributed by atoms with Crippen LogP contribution in [0.2, 0.25) is 0 Å². The average molecular weight is 305 g/mol. The van der Waals surface area contributed by atoms with Crippen molar-refractivity contribution < 1.29 is 24.1 Å². The number of fused-ring (bicyclic) bond motifs is 1. The predicted octanol–water partition coefficient (Wildman–Crippen LogP) is 0.308. The number of nitrogens with one attached hydrogen (secondary N) is 2. The van der Waals surface area contributed by atoms with Gasteiger partial charge in [-0.1, -0.05) is 0 Å². The zero-order chi connectivity index (χ0) is 15.4. The van der Waals surface area contributed by atoms with E-state index in [-0.39, 0.29) is 25.9 Å². The van der Waals surface area contributed by atoms with Gasteiger partial charge in [0.25, 0.3) is 5.91 Å². The summed E-state index contributed by atoms with van der Waals surface area (Å²) in [6, 6.07) is 5.16. The van der Waals surface area contributed by atoms with Gasteiger partial charge >= 0.3 is 0 Å². The van der Waals surface area contributed by atoms with E-state index in [0.29, 0.717) is 22.8 Å². The highest BCUT2D eigenvalue weighted by molar-refractivity contribution is 5.93. The Morgan fingerprint density at radius 3 is 3.14 bits per heavy atom. The summed E-state index contributed by atoms with van der Waals surface area (Å²) in [6.07, 6.45) is 2.05. The highest BCUT2D eigenvalue weighted by Crippen LogP contribution is 2.35. The van der Waals surface area contributed by atoms with Crippen molar-refractivity contribution in [1.82, 2.24) is 15.5 Å². The van der Waals surface area contributed by atoms with Crippen molar-refractivity contribution in [3.8, 4) is 17.2 Å². The summed E-state index contributed by atoms with van der Waals surface area (Å²) in [6.45, 7) is 0.321. The third-order valence-corrected chi connectivity index (χ3v) is 3.05. The minimum atomic E-state index is -0.832. The first-order chi connectivity index (χ1) is 10.7. The van der Waals surface area contributed by atoms with Crippen LogP contribution in [0.15, 0.2) is 30.6 Å². The molecule has 8 nitrogen and oxygen atoms in total. The molecule has 2 heterocycles. The molecule has 1 aromatic heterocycles. The van der Waals surface area contributed by atoms with Crippen molar-refractivity contribution in [2.24, 2.45) is 0 Å². The minimum absolute atomic E-state index is 0.0469. The second-order valence-electron chi connectivity index (χ2n) is 4.68. The van der Waals surface area contributed by atoms with Crippen molar-refractivity contribution in [2.75, 3.05) is 19.9 Å². The van der Waals surface area contributed by atoms with Crippen molar-refractivity contribution in [1.29, 1.82) is 0 Å². The number of aliphatic hydroxyl groups excluding tert-OH is 1. The van der Waals surface area contributed by atoms with Gasteiger partial charge in [0.15, 0.2) is 11.5 Å². The third kappa shape index (κ3) is 3.29. The van der Waals surface area contributed by atoms with Gasteiger partial charge in [0, 0.05) is 18.8 Å². The maximum Gasteiger partial charge on any atom is 0.254 e. The van der Waals surface area contributed by atoms with E-state index in [0.717, 1.165) is 0 Å². The van der Waals surface area contributed by atoms with Gasteiger partial charge in [-0.2, -0.15) is 5.10 Å². The summed E-state index contributed by atoms with van der Waals surface area (Å²) in [7, 11) is 0. The number of H-pyrrole nitrogens is 1. The minimum Gasteiger partial charge on any atom is -0.491 e. The molecule has 116 valence electrons. The van der Waals surface area contributed by atoms with Crippen molar-refractivity contribution in [3.05, 3.63) is 36.2 Å². The lowest BCUT2D eigenvalue weighted by Crippen LogP contribution is -2.35. The number of rotatable bonds is 6. The van der Waals surface area contributed by atoms with Gasteiger partial charge in [-0.15, -0.1) is 0 Å². The van der Waals surface area contributed by atoms with E-state index in [1.165, 1.54) is 12.4 Å². The molecule has 0 unspecified atom stereocenters. The van der Waals surface area contributed by atoms with Crippen LogP contribution in [0, 0.1) is 0 Å². The Morgan fingerprint density at radius 1 is 1.45 bits per heavy atom. The Kier molecular flexibility index (Phi) is 4.10. The summed E-state index contributed by atoms with van der Waals surface area (Å²) in [4.78, 5) is 11.7. The highest BCUT2D eigenvalue weighted by atomic mass is 16.7. The predicted molar refractivity (Wildman–Crippen MR) is 75.0 cm³/mol. The van der Waals surface area contributed by atoms with Gasteiger partial charge in [-0.25, -0.2) is 0 Å². The van der Waals surface area contributed by atoms with E-state index in [1.807, 2.05) is 0 Å². The lowest BCUT2D eigenvalue weighted by atomic mass is 10.3. The molecule has 3 rings (SSSR count). The van der Waals surface area contributed by atoms with Crippen LogP contribution in [0.25, 0.3) is 0 Å². The molecular weight excluding hydrogens is 290 g/mol. The molecule has 3 N–H and O–H groups in total. The number of aromatic nitrogens is 2. The van der Waals surface area contributed by atoms with Crippen LogP contribution < -0.4 is 19.5 Å². The molecule has 0 spiro atoms. The second kappa shape index (κ2) is 6.35. The van der Waals surface area contributed by atoms with Gasteiger partial charge in [-0.3, -0.25) is 9.89 Å². The largest absolute Gasteiger partial charge is 0.491 e. The Hall–Kier alpha value is -2.74. The molecular formula is C14H15N3O5. The van der Waals surface area contributed by atoms with Crippen LogP contribution in [0.5, 0.6) is 17.2 Å². The number of amides is 1. The fraction of sp³-hybridized carbons (Fsp3) is 0.286. The van der Waals surface area contributed by atoms with Gasteiger partial charge in [0.2, 0.25) is 6.79 Å². The number of hydrogen-bond acceptors (Lipinski definition) is 6.